The third-order valence-electron chi connectivity index (χ3n) is 3.45. The van der Waals surface area contributed by atoms with Crippen molar-refractivity contribution in [2.45, 2.75) is 12.5 Å². The maximum atomic E-state index is 11.6. The van der Waals surface area contributed by atoms with Gasteiger partial charge in [-0.15, -0.1) is 0 Å². The Hall–Kier alpha value is -4.28. The quantitative estimate of drug-likeness (QED) is 0.108. The summed E-state index contributed by atoms with van der Waals surface area (Å²) in [5, 5.41) is 21.7. The standard InChI is InChI=1S/C16H26N8O9/c17-2-10(26)19-3-11(27)20-4-12(28)21-5-13(29)22-6-14(30)23-7-15(31)24-8(16(32)33)1-9(18)25/h8H,1-7,17H2,(H2,18,25)(H,19,26)(H,20,27)(H,21,28)(H,22,29)(H,23,30)(H,24,31)(H,32,33)/t8-/m0/s1. The normalized spacial score (nSPS) is 10.7. The largest absolute Gasteiger partial charge is 0.480 e. The fraction of sp³-hybridized carbons (Fsp3) is 0.500. The zero-order chi connectivity index (χ0) is 25.4. The Balaban J connectivity index is 4.07. The zero-order valence-electron chi connectivity index (χ0n) is 17.4. The van der Waals surface area contributed by atoms with E-state index in [2.05, 4.69) is 26.6 Å². The van der Waals surface area contributed by atoms with E-state index in [9.17, 15) is 38.4 Å². The molecule has 1 atom stereocenters. The Morgan fingerprint density at radius 1 is 0.606 bits per heavy atom. The first-order valence-electron chi connectivity index (χ1n) is 9.28. The molecule has 11 N–H and O–H groups in total. The molecule has 17 nitrogen and oxygen atoms in total. The van der Waals surface area contributed by atoms with Crippen molar-refractivity contribution < 1.29 is 43.5 Å². The summed E-state index contributed by atoms with van der Waals surface area (Å²) in [4.78, 5) is 90.4. The fourth-order valence-electron chi connectivity index (χ4n) is 1.86. The van der Waals surface area contributed by atoms with Crippen molar-refractivity contribution in [1.29, 1.82) is 0 Å². The van der Waals surface area contributed by atoms with Gasteiger partial charge >= 0.3 is 5.97 Å². The fourth-order valence-corrected chi connectivity index (χ4v) is 1.86. The minimum Gasteiger partial charge on any atom is -0.480 e. The first-order chi connectivity index (χ1) is 15.4. The Morgan fingerprint density at radius 3 is 1.24 bits per heavy atom. The molecule has 0 heterocycles. The molecule has 0 saturated heterocycles. The lowest BCUT2D eigenvalue weighted by molar-refractivity contribution is -0.143. The summed E-state index contributed by atoms with van der Waals surface area (Å²) in [5.41, 5.74) is 9.91. The van der Waals surface area contributed by atoms with Crippen LogP contribution >= 0.6 is 0 Å². The molecule has 0 aliphatic rings. The van der Waals surface area contributed by atoms with Crippen LogP contribution in [0.3, 0.4) is 0 Å². The van der Waals surface area contributed by atoms with E-state index in [0.29, 0.717) is 0 Å². The van der Waals surface area contributed by atoms with Crippen LogP contribution in [0.15, 0.2) is 0 Å². The van der Waals surface area contributed by atoms with Crippen LogP contribution in [0.1, 0.15) is 6.42 Å². The minimum atomic E-state index is -1.55. The molecule has 0 rings (SSSR count). The predicted molar refractivity (Wildman–Crippen MR) is 107 cm³/mol. The summed E-state index contributed by atoms with van der Waals surface area (Å²) in [6.45, 7) is -2.83. The van der Waals surface area contributed by atoms with Crippen LogP contribution in [0.5, 0.6) is 0 Å². The van der Waals surface area contributed by atoms with E-state index in [1.165, 1.54) is 0 Å². The molecule has 0 radical (unpaired) electrons. The third-order valence-corrected chi connectivity index (χ3v) is 3.45. The summed E-state index contributed by atoms with van der Waals surface area (Å²) in [5.74, 6) is -6.80. The predicted octanol–water partition coefficient (Wildman–Crippen LogP) is -7.03. The highest BCUT2D eigenvalue weighted by atomic mass is 16.4. The number of nitrogens with two attached hydrogens (primary N) is 2. The highest BCUT2D eigenvalue weighted by Crippen LogP contribution is 1.91. The number of rotatable bonds is 15. The number of aliphatic carboxylic acids is 1. The molecule has 0 saturated carbocycles. The van der Waals surface area contributed by atoms with E-state index in [1.807, 2.05) is 5.32 Å². The van der Waals surface area contributed by atoms with Gasteiger partial charge in [0, 0.05) is 0 Å². The molecule has 0 aliphatic heterocycles. The maximum absolute atomic E-state index is 11.6. The molecule has 0 aromatic heterocycles. The summed E-state index contributed by atoms with van der Waals surface area (Å²) in [6.07, 6.45) is -0.634. The number of nitrogens with one attached hydrogen (secondary N) is 6. The maximum Gasteiger partial charge on any atom is 0.326 e. The van der Waals surface area contributed by atoms with E-state index in [0.717, 1.165) is 0 Å². The van der Waals surface area contributed by atoms with Gasteiger partial charge in [-0.1, -0.05) is 0 Å². The van der Waals surface area contributed by atoms with Gasteiger partial charge in [0.1, 0.15) is 6.04 Å². The van der Waals surface area contributed by atoms with Crippen molar-refractivity contribution in [3.8, 4) is 0 Å². The van der Waals surface area contributed by atoms with E-state index in [-0.39, 0.29) is 13.1 Å². The second-order valence-electron chi connectivity index (χ2n) is 6.22. The Kier molecular flexibility index (Phi) is 13.5. The Morgan fingerprint density at radius 2 is 0.939 bits per heavy atom. The number of hydrogen-bond acceptors (Lipinski definition) is 9. The smallest absolute Gasteiger partial charge is 0.326 e. The van der Waals surface area contributed by atoms with Crippen molar-refractivity contribution in [3.05, 3.63) is 0 Å². The average molecular weight is 474 g/mol. The lowest BCUT2D eigenvalue weighted by Gasteiger charge is -2.13. The molecule has 17 heteroatoms. The first-order valence-corrected chi connectivity index (χ1v) is 9.28. The lowest BCUT2D eigenvalue weighted by Crippen LogP contribution is -2.49. The molecule has 0 bridgehead atoms. The van der Waals surface area contributed by atoms with Gasteiger partial charge in [0.15, 0.2) is 0 Å². The van der Waals surface area contributed by atoms with E-state index in [4.69, 9.17) is 16.6 Å². The second kappa shape index (κ2) is 15.5. The molecular weight excluding hydrogens is 448 g/mol. The Bertz CT molecular complexity index is 786. The lowest BCUT2D eigenvalue weighted by atomic mass is 10.2. The molecule has 184 valence electrons. The second-order valence-corrected chi connectivity index (χ2v) is 6.22. The number of hydrogen-bond donors (Lipinski definition) is 9. The van der Waals surface area contributed by atoms with Crippen molar-refractivity contribution in [1.82, 2.24) is 31.9 Å². The number of carboxylic acids is 1. The summed E-state index contributed by atoms with van der Waals surface area (Å²) < 4.78 is 0. The van der Waals surface area contributed by atoms with Crippen LogP contribution in [-0.2, 0) is 38.4 Å². The molecule has 33 heavy (non-hydrogen) atoms. The Labute approximate surface area is 186 Å². The van der Waals surface area contributed by atoms with Gasteiger partial charge in [0.2, 0.25) is 41.4 Å². The highest BCUT2D eigenvalue weighted by Gasteiger charge is 2.22. The number of carbonyl (C=O) groups excluding carboxylic acids is 7. The highest BCUT2D eigenvalue weighted by molar-refractivity contribution is 5.93. The molecule has 0 spiro atoms. The molecule has 0 aromatic carbocycles. The molecule has 7 amide bonds. The van der Waals surface area contributed by atoms with Gasteiger partial charge in [-0.3, -0.25) is 33.6 Å². The number of carboxylic acid groups (broad SMARTS) is 1. The topological polar surface area (TPSA) is 281 Å². The SMILES string of the molecule is NCC(=O)NCC(=O)NCC(=O)NCC(=O)NCC(=O)NCC(=O)N[C@@H](CC(N)=O)C(=O)O. The third kappa shape index (κ3) is 15.2. The molecular formula is C16H26N8O9. The average Bonchev–Trinajstić information content (AvgIpc) is 2.75. The summed E-state index contributed by atoms with van der Waals surface area (Å²) >= 11 is 0. The van der Waals surface area contributed by atoms with Crippen LogP contribution in [-0.4, -0.2) is 97.7 Å². The summed E-state index contributed by atoms with van der Waals surface area (Å²) in [6, 6.07) is -1.55. The number of amides is 7. The molecule has 0 aliphatic carbocycles. The number of primary amides is 1. The van der Waals surface area contributed by atoms with Crippen molar-refractivity contribution in [2.24, 2.45) is 11.5 Å². The number of carbonyl (C=O) groups is 8. The van der Waals surface area contributed by atoms with Crippen molar-refractivity contribution >= 4 is 47.3 Å². The monoisotopic (exact) mass is 474 g/mol. The van der Waals surface area contributed by atoms with Crippen LogP contribution in [0.4, 0.5) is 0 Å². The zero-order valence-corrected chi connectivity index (χ0v) is 17.4. The van der Waals surface area contributed by atoms with Gasteiger partial charge in [-0.25, -0.2) is 4.79 Å². The van der Waals surface area contributed by atoms with Crippen molar-refractivity contribution in [2.75, 3.05) is 39.3 Å². The van der Waals surface area contributed by atoms with Gasteiger partial charge in [-0.2, -0.15) is 0 Å². The van der Waals surface area contributed by atoms with E-state index in [1.54, 1.807) is 0 Å². The molecule has 0 aromatic rings. The van der Waals surface area contributed by atoms with Gasteiger partial charge in [-0.05, 0) is 0 Å². The van der Waals surface area contributed by atoms with Crippen LogP contribution in [0, 0.1) is 0 Å². The van der Waals surface area contributed by atoms with Crippen LogP contribution in [0.2, 0.25) is 0 Å². The van der Waals surface area contributed by atoms with Gasteiger partial charge in [0.05, 0.1) is 45.7 Å². The van der Waals surface area contributed by atoms with E-state index >= 15 is 0 Å². The molecule has 0 fully saturated rings. The minimum absolute atomic E-state index is 0.295. The van der Waals surface area contributed by atoms with Gasteiger partial charge in [0.25, 0.3) is 0 Å². The van der Waals surface area contributed by atoms with Crippen LogP contribution < -0.4 is 43.4 Å². The van der Waals surface area contributed by atoms with Crippen LogP contribution in [0.25, 0.3) is 0 Å². The molecule has 0 unspecified atom stereocenters. The first kappa shape index (κ1) is 28.7. The van der Waals surface area contributed by atoms with Crippen molar-refractivity contribution in [3.63, 3.8) is 0 Å². The van der Waals surface area contributed by atoms with Gasteiger partial charge < -0.3 is 48.5 Å². The summed E-state index contributed by atoms with van der Waals surface area (Å²) in [7, 11) is 0. The van der Waals surface area contributed by atoms with E-state index < -0.39 is 86.0 Å².